The van der Waals surface area contributed by atoms with Crippen molar-refractivity contribution in [3.05, 3.63) is 70.8 Å². The first-order valence-corrected chi connectivity index (χ1v) is 11.5. The normalized spacial score (nSPS) is 14.5. The van der Waals surface area contributed by atoms with Gasteiger partial charge in [0.25, 0.3) is 15.7 Å². The van der Waals surface area contributed by atoms with Gasteiger partial charge in [-0.3, -0.25) is 14.4 Å². The van der Waals surface area contributed by atoms with Crippen LogP contribution in [0.3, 0.4) is 0 Å². The van der Waals surface area contributed by atoms with E-state index < -0.39 is 14.9 Å². The lowest BCUT2D eigenvalue weighted by atomic mass is 10.1. The van der Waals surface area contributed by atoms with Gasteiger partial charge in [-0.1, -0.05) is 30.3 Å². The second-order valence-electron chi connectivity index (χ2n) is 7.47. The van der Waals surface area contributed by atoms with Crippen LogP contribution >= 0.6 is 12.4 Å². The first kappa shape index (κ1) is 23.8. The number of nitrogens with zero attached hydrogens (tertiary/aromatic N) is 3. The fourth-order valence-electron chi connectivity index (χ4n) is 3.93. The summed E-state index contributed by atoms with van der Waals surface area (Å²) in [5.74, 6) is 0. The monoisotopic (exact) mass is 476 g/mol. The summed E-state index contributed by atoms with van der Waals surface area (Å²) < 4.78 is 28.1. The molecule has 0 amide bonds. The lowest BCUT2D eigenvalue weighted by molar-refractivity contribution is -0.384. The minimum Gasteiger partial charge on any atom is -0.370 e. The molecular formula is C22H25ClN4O4S. The number of halogens is 1. The summed E-state index contributed by atoms with van der Waals surface area (Å²) in [5.41, 5.74) is 1.09. The molecule has 1 heterocycles. The molecule has 10 heteroatoms. The maximum Gasteiger partial charge on any atom is 0.271 e. The van der Waals surface area contributed by atoms with Crippen LogP contribution in [0.25, 0.3) is 10.8 Å². The van der Waals surface area contributed by atoms with Gasteiger partial charge < -0.3 is 10.2 Å². The van der Waals surface area contributed by atoms with Crippen LogP contribution in [0.1, 0.15) is 6.42 Å². The average Bonchev–Trinajstić information content (AvgIpc) is 3.07. The maximum absolute atomic E-state index is 13.5. The van der Waals surface area contributed by atoms with Crippen LogP contribution in [0.5, 0.6) is 0 Å². The van der Waals surface area contributed by atoms with E-state index in [0.717, 1.165) is 48.0 Å². The Morgan fingerprint density at radius 2 is 1.75 bits per heavy atom. The van der Waals surface area contributed by atoms with Gasteiger partial charge in [0.15, 0.2) is 0 Å². The maximum atomic E-state index is 13.5. The van der Waals surface area contributed by atoms with Gasteiger partial charge in [0.1, 0.15) is 0 Å². The molecule has 8 nitrogen and oxygen atoms in total. The minimum absolute atomic E-state index is 0. The summed E-state index contributed by atoms with van der Waals surface area (Å²) in [4.78, 5) is 13.0. The third-order valence-corrected chi connectivity index (χ3v) is 7.43. The van der Waals surface area contributed by atoms with Crippen LogP contribution in [0.2, 0.25) is 0 Å². The summed E-state index contributed by atoms with van der Waals surface area (Å²) in [6, 6.07) is 16.6. The Bertz CT molecular complexity index is 1230. The molecule has 1 aliphatic rings. The highest BCUT2D eigenvalue weighted by Gasteiger charge is 2.26. The highest BCUT2D eigenvalue weighted by Crippen LogP contribution is 2.34. The Balaban J connectivity index is 0.00000289. The lowest BCUT2D eigenvalue weighted by Gasteiger charge is -2.26. The minimum atomic E-state index is -3.94. The number of hydrogen-bond donors (Lipinski definition) is 1. The number of non-ortho nitro benzene ring substituents is 1. The van der Waals surface area contributed by atoms with Crippen molar-refractivity contribution >= 4 is 50.3 Å². The molecule has 32 heavy (non-hydrogen) atoms. The summed E-state index contributed by atoms with van der Waals surface area (Å²) in [6.45, 7) is 3.60. The second kappa shape index (κ2) is 9.72. The number of sulfonamides is 1. The number of nitrogens with one attached hydrogen (secondary N) is 1. The largest absolute Gasteiger partial charge is 0.370 e. The van der Waals surface area contributed by atoms with Gasteiger partial charge in [0.2, 0.25) is 0 Å². The van der Waals surface area contributed by atoms with Crippen molar-refractivity contribution in [3.63, 3.8) is 0 Å². The highest BCUT2D eigenvalue weighted by molar-refractivity contribution is 7.93. The fraction of sp³-hybridized carbons (Fsp3) is 0.273. The number of benzene rings is 3. The number of anilines is 2. The van der Waals surface area contributed by atoms with Crippen molar-refractivity contribution in [2.24, 2.45) is 0 Å². The summed E-state index contributed by atoms with van der Waals surface area (Å²) in [6.07, 6.45) is 1.02. The van der Waals surface area contributed by atoms with Crippen LogP contribution in [0, 0.1) is 10.1 Å². The quantitative estimate of drug-likeness (QED) is 0.444. The molecule has 1 saturated heterocycles. The van der Waals surface area contributed by atoms with Crippen molar-refractivity contribution in [2.75, 3.05) is 42.4 Å². The van der Waals surface area contributed by atoms with Crippen LogP contribution in [0.4, 0.5) is 17.1 Å². The zero-order chi connectivity index (χ0) is 22.0. The Morgan fingerprint density at radius 1 is 1.00 bits per heavy atom. The molecule has 0 unspecified atom stereocenters. The third kappa shape index (κ3) is 4.50. The number of nitro benzene ring substituents is 1. The Kier molecular flexibility index (Phi) is 7.22. The van der Waals surface area contributed by atoms with E-state index in [1.54, 1.807) is 12.1 Å². The lowest BCUT2D eigenvalue weighted by Crippen LogP contribution is -2.29. The fourth-order valence-corrected chi connectivity index (χ4v) is 5.31. The SMILES string of the molecule is CN(c1cccc([N+](=O)[O-])c1)S(=O)(=O)c1ccc(N2CCCNCC2)c2ccccc12.Cl. The van der Waals surface area contributed by atoms with Gasteiger partial charge in [0.05, 0.1) is 15.5 Å². The second-order valence-corrected chi connectivity index (χ2v) is 9.41. The molecule has 0 spiro atoms. The van der Waals surface area contributed by atoms with Crippen molar-refractivity contribution in [2.45, 2.75) is 11.3 Å². The molecule has 0 bridgehead atoms. The molecule has 0 radical (unpaired) electrons. The third-order valence-electron chi connectivity index (χ3n) is 5.58. The smallest absolute Gasteiger partial charge is 0.271 e. The molecule has 0 aromatic heterocycles. The van der Waals surface area contributed by atoms with Crippen LogP contribution in [0.15, 0.2) is 65.6 Å². The van der Waals surface area contributed by atoms with E-state index in [4.69, 9.17) is 0 Å². The van der Waals surface area contributed by atoms with Crippen molar-refractivity contribution in [1.82, 2.24) is 5.32 Å². The first-order valence-electron chi connectivity index (χ1n) is 10.1. The van der Waals surface area contributed by atoms with Crippen molar-refractivity contribution in [3.8, 4) is 0 Å². The molecule has 3 aromatic carbocycles. The van der Waals surface area contributed by atoms with E-state index in [-0.39, 0.29) is 28.7 Å². The molecule has 4 rings (SSSR count). The molecule has 1 N–H and O–H groups in total. The van der Waals surface area contributed by atoms with Crippen LogP contribution in [-0.4, -0.2) is 46.6 Å². The topological polar surface area (TPSA) is 95.8 Å². The number of rotatable bonds is 5. The van der Waals surface area contributed by atoms with E-state index in [2.05, 4.69) is 10.2 Å². The zero-order valence-corrected chi connectivity index (χ0v) is 19.2. The highest BCUT2D eigenvalue weighted by atomic mass is 35.5. The molecule has 0 atom stereocenters. The van der Waals surface area contributed by atoms with E-state index >= 15 is 0 Å². The van der Waals surface area contributed by atoms with Gasteiger partial charge in [-0.2, -0.15) is 0 Å². The summed E-state index contributed by atoms with van der Waals surface area (Å²) >= 11 is 0. The van der Waals surface area contributed by atoms with Crippen molar-refractivity contribution < 1.29 is 13.3 Å². The van der Waals surface area contributed by atoms with Crippen LogP contribution in [-0.2, 0) is 10.0 Å². The Morgan fingerprint density at radius 3 is 2.50 bits per heavy atom. The molecular weight excluding hydrogens is 452 g/mol. The van der Waals surface area contributed by atoms with Crippen molar-refractivity contribution in [1.29, 1.82) is 0 Å². The average molecular weight is 477 g/mol. The van der Waals surface area contributed by atoms with E-state index in [0.29, 0.717) is 5.39 Å². The van der Waals surface area contributed by atoms with Gasteiger partial charge in [-0.15, -0.1) is 12.4 Å². The molecule has 1 fully saturated rings. The van der Waals surface area contributed by atoms with E-state index in [1.165, 1.54) is 25.2 Å². The molecule has 3 aromatic rings. The van der Waals surface area contributed by atoms with Gasteiger partial charge in [-0.05, 0) is 31.2 Å². The molecule has 170 valence electrons. The summed E-state index contributed by atoms with van der Waals surface area (Å²) in [7, 11) is -2.52. The van der Waals surface area contributed by atoms with Gasteiger partial charge >= 0.3 is 0 Å². The molecule has 1 aliphatic heterocycles. The molecule has 0 saturated carbocycles. The predicted molar refractivity (Wildman–Crippen MR) is 130 cm³/mol. The number of fused-ring (bicyclic) bond motifs is 1. The standard InChI is InChI=1S/C22H24N4O4S.ClH/c1-24(17-6-4-7-18(16-17)26(27)28)31(29,30)22-11-10-21(19-8-2-3-9-20(19)22)25-14-5-12-23-13-15-25;/h2-4,6-11,16,23H,5,12-15H2,1H3;1H. The van der Waals surface area contributed by atoms with Gasteiger partial charge in [0, 0.05) is 55.3 Å². The van der Waals surface area contributed by atoms with Crippen LogP contribution < -0.4 is 14.5 Å². The Hall–Kier alpha value is -2.88. The number of nitro groups is 1. The van der Waals surface area contributed by atoms with Gasteiger partial charge in [-0.25, -0.2) is 8.42 Å². The molecule has 0 aliphatic carbocycles. The number of hydrogen-bond acceptors (Lipinski definition) is 6. The Labute approximate surface area is 193 Å². The van der Waals surface area contributed by atoms with E-state index in [1.807, 2.05) is 30.3 Å². The summed E-state index contributed by atoms with van der Waals surface area (Å²) in [5, 5.41) is 16.0. The predicted octanol–water partition coefficient (Wildman–Crippen LogP) is 3.79. The first-order chi connectivity index (χ1) is 14.9. The van der Waals surface area contributed by atoms with E-state index in [9.17, 15) is 18.5 Å². The zero-order valence-electron chi connectivity index (χ0n) is 17.6.